The molecule has 1 aliphatic carbocycles. The molecule has 1 aliphatic heterocycles. The van der Waals surface area contributed by atoms with Crippen LogP contribution in [0.15, 0.2) is 18.2 Å². The van der Waals surface area contributed by atoms with Gasteiger partial charge in [0.2, 0.25) is 11.8 Å². The van der Waals surface area contributed by atoms with Crippen molar-refractivity contribution in [3.63, 3.8) is 0 Å². The van der Waals surface area contributed by atoms with E-state index < -0.39 is 6.03 Å². The first-order valence-electron chi connectivity index (χ1n) is 10.6. The van der Waals surface area contributed by atoms with Crippen molar-refractivity contribution in [2.24, 2.45) is 11.8 Å². The number of carbonyl (C=O) groups excluding carboxylic acids is 3. The topological polar surface area (TPSA) is 106 Å². The van der Waals surface area contributed by atoms with Crippen LogP contribution in [0.2, 0.25) is 0 Å². The van der Waals surface area contributed by atoms with Crippen molar-refractivity contribution in [2.75, 3.05) is 41.0 Å². The lowest BCUT2D eigenvalue weighted by Gasteiger charge is -2.41. The normalized spacial score (nSPS) is 23.1. The van der Waals surface area contributed by atoms with E-state index in [0.717, 1.165) is 5.56 Å². The van der Waals surface area contributed by atoms with E-state index in [1.807, 2.05) is 18.2 Å². The Morgan fingerprint density at radius 3 is 2.65 bits per heavy atom. The molecule has 4 amide bonds. The van der Waals surface area contributed by atoms with Crippen molar-refractivity contribution in [3.05, 3.63) is 23.8 Å². The van der Waals surface area contributed by atoms with E-state index in [-0.39, 0.29) is 36.2 Å². The maximum atomic E-state index is 12.7. The van der Waals surface area contributed by atoms with Crippen LogP contribution in [0.5, 0.6) is 11.5 Å². The summed E-state index contributed by atoms with van der Waals surface area (Å²) in [4.78, 5) is 38.8. The smallest absolute Gasteiger partial charge is 0.324 e. The maximum Gasteiger partial charge on any atom is 0.324 e. The van der Waals surface area contributed by atoms with Crippen LogP contribution in [0.3, 0.4) is 0 Å². The first-order valence-corrected chi connectivity index (χ1v) is 10.6. The molecule has 0 spiro atoms. The van der Waals surface area contributed by atoms with Gasteiger partial charge in [-0.25, -0.2) is 4.79 Å². The predicted octanol–water partition coefficient (Wildman–Crippen LogP) is 1.35. The predicted molar refractivity (Wildman–Crippen MR) is 113 cm³/mol. The molecule has 1 saturated heterocycles. The average Bonchev–Trinajstić information content (AvgIpc) is 2.78. The van der Waals surface area contributed by atoms with Crippen LogP contribution in [0.1, 0.15) is 24.8 Å². The number of rotatable bonds is 9. The van der Waals surface area contributed by atoms with Crippen molar-refractivity contribution in [3.8, 4) is 11.5 Å². The van der Waals surface area contributed by atoms with Crippen LogP contribution in [0, 0.1) is 11.8 Å². The van der Waals surface area contributed by atoms with E-state index in [4.69, 9.17) is 14.2 Å². The molecule has 3 atom stereocenters. The van der Waals surface area contributed by atoms with Gasteiger partial charge >= 0.3 is 6.03 Å². The molecular weight excluding hydrogens is 402 g/mol. The van der Waals surface area contributed by atoms with Gasteiger partial charge < -0.3 is 24.8 Å². The van der Waals surface area contributed by atoms with Crippen molar-refractivity contribution in [2.45, 2.75) is 31.7 Å². The molecule has 2 fully saturated rings. The van der Waals surface area contributed by atoms with Gasteiger partial charge in [-0.15, -0.1) is 0 Å². The molecule has 1 aromatic rings. The van der Waals surface area contributed by atoms with Gasteiger partial charge in [-0.1, -0.05) is 6.07 Å². The standard InChI is InChI=1S/C22H31N3O6/c1-29-11-10-25-21(27)16-6-5-15(13-17(16)24-22(25)28)20(26)23-9-8-14-4-7-18(30-2)19(12-14)31-3/h4,7,12,15-17H,5-6,8-11,13H2,1-3H3,(H,23,26)(H,24,28). The number of urea groups is 1. The van der Waals surface area contributed by atoms with Crippen molar-refractivity contribution < 1.29 is 28.6 Å². The Kier molecular flexibility index (Phi) is 7.73. The number of imide groups is 1. The minimum absolute atomic E-state index is 0.0394. The maximum absolute atomic E-state index is 12.7. The summed E-state index contributed by atoms with van der Waals surface area (Å²) in [5.41, 5.74) is 1.03. The van der Waals surface area contributed by atoms with Gasteiger partial charge in [-0.05, 0) is 43.4 Å². The summed E-state index contributed by atoms with van der Waals surface area (Å²) in [5, 5.41) is 5.89. The highest BCUT2D eigenvalue weighted by Crippen LogP contribution is 2.33. The van der Waals surface area contributed by atoms with Crippen molar-refractivity contribution in [1.29, 1.82) is 0 Å². The summed E-state index contributed by atoms with van der Waals surface area (Å²) in [6.45, 7) is 1.04. The van der Waals surface area contributed by atoms with E-state index in [0.29, 0.717) is 50.3 Å². The number of carbonyl (C=O) groups is 3. The third-order valence-electron chi connectivity index (χ3n) is 6.04. The number of nitrogens with one attached hydrogen (secondary N) is 2. The molecule has 0 bridgehead atoms. The quantitative estimate of drug-likeness (QED) is 0.609. The van der Waals surface area contributed by atoms with Crippen LogP contribution < -0.4 is 20.1 Å². The van der Waals surface area contributed by atoms with Gasteiger partial charge in [0.25, 0.3) is 0 Å². The van der Waals surface area contributed by atoms with Gasteiger partial charge in [0, 0.05) is 25.6 Å². The molecule has 1 heterocycles. The molecule has 170 valence electrons. The van der Waals surface area contributed by atoms with Crippen LogP contribution in [0.4, 0.5) is 4.79 Å². The Labute approximate surface area is 182 Å². The number of fused-ring (bicyclic) bond motifs is 1. The Bertz CT molecular complexity index is 814. The third kappa shape index (κ3) is 5.28. The Morgan fingerprint density at radius 1 is 1.16 bits per heavy atom. The molecule has 3 rings (SSSR count). The number of nitrogens with zero attached hydrogens (tertiary/aromatic N) is 1. The van der Waals surface area contributed by atoms with E-state index in [1.165, 1.54) is 12.0 Å². The number of hydrogen-bond donors (Lipinski definition) is 2. The average molecular weight is 434 g/mol. The highest BCUT2D eigenvalue weighted by atomic mass is 16.5. The van der Waals surface area contributed by atoms with Crippen LogP contribution in [-0.2, 0) is 20.7 Å². The Balaban J connectivity index is 1.50. The van der Waals surface area contributed by atoms with Crippen LogP contribution in [0.25, 0.3) is 0 Å². The molecule has 2 N–H and O–H groups in total. The van der Waals surface area contributed by atoms with Crippen molar-refractivity contribution >= 4 is 17.8 Å². The second-order valence-electron chi connectivity index (χ2n) is 7.89. The molecule has 1 aromatic carbocycles. The number of amides is 4. The molecule has 2 aliphatic rings. The molecule has 0 radical (unpaired) electrons. The third-order valence-corrected chi connectivity index (χ3v) is 6.04. The Hall–Kier alpha value is -2.81. The second-order valence-corrected chi connectivity index (χ2v) is 7.89. The monoisotopic (exact) mass is 433 g/mol. The van der Waals surface area contributed by atoms with Gasteiger partial charge in [0.05, 0.1) is 33.3 Å². The molecule has 9 nitrogen and oxygen atoms in total. The largest absolute Gasteiger partial charge is 0.493 e. The lowest BCUT2D eigenvalue weighted by Crippen LogP contribution is -2.62. The zero-order valence-corrected chi connectivity index (χ0v) is 18.3. The highest BCUT2D eigenvalue weighted by Gasteiger charge is 2.45. The molecule has 0 aromatic heterocycles. The number of ether oxygens (including phenoxy) is 3. The molecular formula is C22H31N3O6. The Morgan fingerprint density at radius 2 is 1.94 bits per heavy atom. The lowest BCUT2D eigenvalue weighted by atomic mass is 9.76. The van der Waals surface area contributed by atoms with Crippen LogP contribution in [-0.4, -0.2) is 69.8 Å². The van der Waals surface area contributed by atoms with Gasteiger partial charge in [-0.3, -0.25) is 14.5 Å². The number of hydrogen-bond acceptors (Lipinski definition) is 6. The zero-order chi connectivity index (χ0) is 22.4. The second kappa shape index (κ2) is 10.5. The summed E-state index contributed by atoms with van der Waals surface area (Å²) in [6.07, 6.45) is 2.35. The molecule has 9 heteroatoms. The highest BCUT2D eigenvalue weighted by molar-refractivity contribution is 5.99. The zero-order valence-electron chi connectivity index (χ0n) is 18.3. The summed E-state index contributed by atoms with van der Waals surface area (Å²) in [6, 6.07) is 4.98. The summed E-state index contributed by atoms with van der Waals surface area (Å²) in [5.74, 6) is 0.620. The van der Waals surface area contributed by atoms with E-state index in [1.54, 1.807) is 14.2 Å². The molecule has 31 heavy (non-hydrogen) atoms. The van der Waals surface area contributed by atoms with E-state index >= 15 is 0 Å². The van der Waals surface area contributed by atoms with E-state index in [9.17, 15) is 14.4 Å². The fourth-order valence-corrected chi connectivity index (χ4v) is 4.31. The summed E-state index contributed by atoms with van der Waals surface area (Å²) >= 11 is 0. The summed E-state index contributed by atoms with van der Waals surface area (Å²) in [7, 11) is 4.71. The fourth-order valence-electron chi connectivity index (χ4n) is 4.31. The summed E-state index contributed by atoms with van der Waals surface area (Å²) < 4.78 is 15.5. The van der Waals surface area contributed by atoms with Gasteiger partial charge in [0.1, 0.15) is 0 Å². The minimum Gasteiger partial charge on any atom is -0.493 e. The first kappa shape index (κ1) is 22.9. The number of benzene rings is 1. The van der Waals surface area contributed by atoms with Gasteiger partial charge in [0.15, 0.2) is 11.5 Å². The fraction of sp³-hybridized carbons (Fsp3) is 0.591. The minimum atomic E-state index is -0.405. The molecule has 3 unspecified atom stereocenters. The first-order chi connectivity index (χ1) is 15.0. The lowest BCUT2D eigenvalue weighted by molar-refractivity contribution is -0.139. The molecule has 1 saturated carbocycles. The van der Waals surface area contributed by atoms with Crippen LogP contribution >= 0.6 is 0 Å². The SMILES string of the molecule is COCCN1C(=O)NC2CC(C(=O)NCCc3ccc(OC)c(OC)c3)CCC2C1=O. The van der Waals surface area contributed by atoms with Gasteiger partial charge in [-0.2, -0.15) is 0 Å². The van der Waals surface area contributed by atoms with E-state index in [2.05, 4.69) is 10.6 Å². The number of methoxy groups -OCH3 is 3. The van der Waals surface area contributed by atoms with Crippen molar-refractivity contribution in [1.82, 2.24) is 15.5 Å².